The van der Waals surface area contributed by atoms with Crippen LogP contribution in [0.1, 0.15) is 252 Å². The lowest BCUT2D eigenvalue weighted by Gasteiger charge is -2.18. The van der Waals surface area contributed by atoms with E-state index in [1.807, 2.05) is 0 Å². The number of hydrogen-bond acceptors (Lipinski definition) is 6. The molecule has 1 atom stereocenters. The van der Waals surface area contributed by atoms with E-state index in [2.05, 4.69) is 69.4 Å². The highest BCUT2D eigenvalue weighted by atomic mass is 16.6. The maximum atomic E-state index is 12.8. The first-order valence-electron chi connectivity index (χ1n) is 25.1. The highest BCUT2D eigenvalue weighted by molar-refractivity contribution is 5.71. The van der Waals surface area contributed by atoms with Crippen molar-refractivity contribution in [1.29, 1.82) is 0 Å². The summed E-state index contributed by atoms with van der Waals surface area (Å²) in [6.45, 7) is 6.50. The van der Waals surface area contributed by atoms with Crippen LogP contribution in [0.3, 0.4) is 0 Å². The predicted octanol–water partition coefficient (Wildman–Crippen LogP) is 16.3. The normalized spacial score (nSPS) is 12.4. The van der Waals surface area contributed by atoms with E-state index < -0.39 is 6.10 Å². The third-order valence-electron chi connectivity index (χ3n) is 10.8. The highest BCUT2D eigenvalue weighted by Gasteiger charge is 2.19. The molecule has 0 N–H and O–H groups in total. The van der Waals surface area contributed by atoms with Gasteiger partial charge in [-0.1, -0.05) is 204 Å². The summed E-state index contributed by atoms with van der Waals surface area (Å²) in [5.74, 6) is -0.903. The Kier molecular flexibility index (Phi) is 45.9. The number of ether oxygens (including phenoxy) is 3. The first-order valence-corrected chi connectivity index (χ1v) is 25.1. The zero-order chi connectivity index (χ0) is 43.0. The Morgan fingerprint density at radius 3 is 1.05 bits per heavy atom. The molecule has 0 amide bonds. The standard InChI is InChI=1S/C53H94O6/c1-4-7-10-13-16-19-22-24-26-28-29-31-34-37-40-43-46-52(55)58-49-50(48-57-51(54)45-42-39-36-33-21-18-15-12-9-6-3)59-53(56)47-44-41-38-35-32-30-27-25-23-20-17-14-11-8-5-2/h8,11,17,20,25-28,50H,4-7,9-10,12-16,18-19,21-24,29-49H2,1-3H3/b11-8-,20-17-,27-25-,28-26-/t50-/m1/s1. The number of allylic oxidation sites excluding steroid dienone is 8. The van der Waals surface area contributed by atoms with E-state index in [4.69, 9.17) is 14.2 Å². The Labute approximate surface area is 365 Å². The molecule has 0 aromatic heterocycles. The van der Waals surface area contributed by atoms with Gasteiger partial charge in [0.15, 0.2) is 6.10 Å². The second kappa shape index (κ2) is 48.0. The number of unbranched alkanes of at least 4 members (excludes halogenated alkanes) is 26. The number of carbonyl (C=O) groups excluding carboxylic acids is 3. The summed E-state index contributed by atoms with van der Waals surface area (Å²) in [5.41, 5.74) is 0. The Morgan fingerprint density at radius 2 is 0.661 bits per heavy atom. The SMILES string of the molecule is CC/C=C\C/C=C\C/C=C\CCCCCCCC(=O)O[C@@H](COC(=O)CCCCCCC/C=C\CCCCCCCCC)COC(=O)CCCCCCCCCCCC. The van der Waals surface area contributed by atoms with E-state index in [0.717, 1.165) is 103 Å². The summed E-state index contributed by atoms with van der Waals surface area (Å²) < 4.78 is 16.7. The third kappa shape index (κ3) is 46.3. The van der Waals surface area contributed by atoms with Gasteiger partial charge < -0.3 is 14.2 Å². The van der Waals surface area contributed by atoms with Crippen molar-refractivity contribution in [2.45, 2.75) is 258 Å². The molecule has 59 heavy (non-hydrogen) atoms. The topological polar surface area (TPSA) is 78.9 Å². The molecule has 0 bridgehead atoms. The molecule has 0 aliphatic carbocycles. The van der Waals surface area contributed by atoms with Crippen molar-refractivity contribution >= 4 is 17.9 Å². The van der Waals surface area contributed by atoms with Crippen LogP contribution in [0.25, 0.3) is 0 Å². The first-order chi connectivity index (χ1) is 29.0. The van der Waals surface area contributed by atoms with E-state index in [1.165, 1.54) is 109 Å². The van der Waals surface area contributed by atoms with E-state index in [1.54, 1.807) is 0 Å². The number of hydrogen-bond donors (Lipinski definition) is 0. The van der Waals surface area contributed by atoms with Gasteiger partial charge in [0.25, 0.3) is 0 Å². The third-order valence-corrected chi connectivity index (χ3v) is 10.8. The molecule has 0 unspecified atom stereocenters. The van der Waals surface area contributed by atoms with Crippen molar-refractivity contribution in [2.24, 2.45) is 0 Å². The predicted molar refractivity (Wildman–Crippen MR) is 252 cm³/mol. The van der Waals surface area contributed by atoms with Gasteiger partial charge >= 0.3 is 17.9 Å². The Bertz CT molecular complexity index is 1040. The van der Waals surface area contributed by atoms with Gasteiger partial charge in [-0.2, -0.15) is 0 Å². The first kappa shape index (κ1) is 56.4. The second-order valence-corrected chi connectivity index (χ2v) is 16.7. The van der Waals surface area contributed by atoms with E-state index >= 15 is 0 Å². The van der Waals surface area contributed by atoms with Crippen LogP contribution < -0.4 is 0 Å². The summed E-state index contributed by atoms with van der Waals surface area (Å²) in [7, 11) is 0. The van der Waals surface area contributed by atoms with Crippen LogP contribution in [0.15, 0.2) is 48.6 Å². The molecule has 0 heterocycles. The molecule has 0 aliphatic rings. The Balaban J connectivity index is 4.38. The van der Waals surface area contributed by atoms with Crippen molar-refractivity contribution in [3.8, 4) is 0 Å². The molecular weight excluding hydrogens is 733 g/mol. The molecule has 0 aromatic carbocycles. The summed E-state index contributed by atoms with van der Waals surface area (Å²) >= 11 is 0. The smallest absolute Gasteiger partial charge is 0.306 e. The molecule has 0 aromatic rings. The van der Waals surface area contributed by atoms with E-state index in [9.17, 15) is 14.4 Å². The highest BCUT2D eigenvalue weighted by Crippen LogP contribution is 2.14. The average molecular weight is 827 g/mol. The summed E-state index contributed by atoms with van der Waals surface area (Å²) in [4.78, 5) is 37.9. The van der Waals surface area contributed by atoms with Gasteiger partial charge in [-0.05, 0) is 77.0 Å². The fourth-order valence-electron chi connectivity index (χ4n) is 7.04. The van der Waals surface area contributed by atoms with Gasteiger partial charge in [0.2, 0.25) is 0 Å². The van der Waals surface area contributed by atoms with Crippen LogP contribution in [0.5, 0.6) is 0 Å². The lowest BCUT2D eigenvalue weighted by molar-refractivity contribution is -0.167. The Morgan fingerprint density at radius 1 is 0.356 bits per heavy atom. The molecule has 0 saturated heterocycles. The maximum absolute atomic E-state index is 12.8. The van der Waals surface area contributed by atoms with Crippen molar-refractivity contribution in [3.63, 3.8) is 0 Å². The lowest BCUT2D eigenvalue weighted by Crippen LogP contribution is -2.30. The van der Waals surface area contributed by atoms with Crippen LogP contribution in [0.2, 0.25) is 0 Å². The summed E-state index contributed by atoms with van der Waals surface area (Å²) in [5, 5.41) is 0. The van der Waals surface area contributed by atoms with Crippen LogP contribution in [-0.4, -0.2) is 37.2 Å². The molecular formula is C53H94O6. The van der Waals surface area contributed by atoms with Crippen LogP contribution in [-0.2, 0) is 28.6 Å². The molecule has 0 fully saturated rings. The zero-order valence-electron chi connectivity index (χ0n) is 39.0. The van der Waals surface area contributed by atoms with Gasteiger partial charge in [0.05, 0.1) is 0 Å². The fourth-order valence-corrected chi connectivity index (χ4v) is 7.04. The number of rotatable bonds is 45. The second-order valence-electron chi connectivity index (χ2n) is 16.7. The van der Waals surface area contributed by atoms with Crippen LogP contribution in [0.4, 0.5) is 0 Å². The molecule has 0 spiro atoms. The van der Waals surface area contributed by atoms with Crippen molar-refractivity contribution in [2.75, 3.05) is 13.2 Å². The Hall–Kier alpha value is -2.63. The van der Waals surface area contributed by atoms with Gasteiger partial charge in [0, 0.05) is 19.3 Å². The molecule has 6 nitrogen and oxygen atoms in total. The van der Waals surface area contributed by atoms with Crippen molar-refractivity contribution in [3.05, 3.63) is 48.6 Å². The largest absolute Gasteiger partial charge is 0.462 e. The van der Waals surface area contributed by atoms with Gasteiger partial charge in [-0.3, -0.25) is 14.4 Å². The molecule has 0 radical (unpaired) electrons. The zero-order valence-corrected chi connectivity index (χ0v) is 39.0. The van der Waals surface area contributed by atoms with E-state index in [0.29, 0.717) is 19.3 Å². The molecule has 6 heteroatoms. The minimum Gasteiger partial charge on any atom is -0.462 e. The summed E-state index contributed by atoms with van der Waals surface area (Å²) in [6.07, 6.45) is 56.6. The number of carbonyl (C=O) groups is 3. The van der Waals surface area contributed by atoms with Crippen molar-refractivity contribution in [1.82, 2.24) is 0 Å². The summed E-state index contributed by atoms with van der Waals surface area (Å²) in [6, 6.07) is 0. The molecule has 342 valence electrons. The quantitative estimate of drug-likeness (QED) is 0.0263. The lowest BCUT2D eigenvalue weighted by atomic mass is 10.1. The van der Waals surface area contributed by atoms with E-state index in [-0.39, 0.29) is 31.1 Å². The van der Waals surface area contributed by atoms with Crippen molar-refractivity contribution < 1.29 is 28.6 Å². The van der Waals surface area contributed by atoms with Gasteiger partial charge in [-0.15, -0.1) is 0 Å². The minimum absolute atomic E-state index is 0.0810. The van der Waals surface area contributed by atoms with Crippen LogP contribution in [0, 0.1) is 0 Å². The minimum atomic E-state index is -0.781. The van der Waals surface area contributed by atoms with Gasteiger partial charge in [-0.25, -0.2) is 0 Å². The average Bonchev–Trinajstić information content (AvgIpc) is 3.23. The fraction of sp³-hybridized carbons (Fsp3) is 0.792. The van der Waals surface area contributed by atoms with Gasteiger partial charge in [0.1, 0.15) is 13.2 Å². The molecule has 0 rings (SSSR count). The monoisotopic (exact) mass is 827 g/mol. The molecule has 0 aliphatic heterocycles. The van der Waals surface area contributed by atoms with Crippen LogP contribution >= 0.6 is 0 Å². The maximum Gasteiger partial charge on any atom is 0.306 e. The molecule has 0 saturated carbocycles. The number of esters is 3.